The molecule has 0 bridgehead atoms. The third kappa shape index (κ3) is 0.730. The summed E-state index contributed by atoms with van der Waals surface area (Å²) in [5.74, 6) is 0. The monoisotopic (exact) mass is 167 g/mol. The third-order valence-electron chi connectivity index (χ3n) is 1.69. The van der Waals surface area contributed by atoms with Crippen molar-refractivity contribution in [1.29, 1.82) is 0 Å². The second-order valence-electron chi connectivity index (χ2n) is 2.48. The minimum atomic E-state index is -0.476. The van der Waals surface area contributed by atoms with Crippen molar-refractivity contribution in [3.63, 3.8) is 0 Å². The second kappa shape index (κ2) is 2.10. The summed E-state index contributed by atoms with van der Waals surface area (Å²) in [7, 11) is 0. The Morgan fingerprint density at radius 2 is 2.17 bits per heavy atom. The Labute approximate surface area is 66.6 Å². The Hall–Kier alpha value is -1.78. The van der Waals surface area contributed by atoms with E-state index in [9.17, 15) is 10.1 Å². The highest BCUT2D eigenvalue weighted by atomic mass is 17.0. The van der Waals surface area contributed by atoms with Gasteiger partial charge in [-0.05, 0) is 19.1 Å². The van der Waals surface area contributed by atoms with Gasteiger partial charge in [-0.3, -0.25) is 19.3 Å². The molecule has 0 N–H and O–H groups in total. The van der Waals surface area contributed by atoms with E-state index in [0.29, 0.717) is 11.1 Å². The fourth-order valence-electron chi connectivity index (χ4n) is 1.08. The van der Waals surface area contributed by atoms with Crippen LogP contribution in [0.25, 0.3) is 11.2 Å². The summed E-state index contributed by atoms with van der Waals surface area (Å²) < 4.78 is 9.03. The van der Waals surface area contributed by atoms with Gasteiger partial charge in [0.2, 0.25) is 5.58 Å². The van der Waals surface area contributed by atoms with Crippen LogP contribution in [0.5, 0.6) is 0 Å². The Morgan fingerprint density at radius 3 is 2.58 bits per heavy atom. The van der Waals surface area contributed by atoms with Crippen LogP contribution in [0.1, 0.15) is 5.56 Å². The Bertz CT molecular complexity index is 439. The van der Waals surface area contributed by atoms with Gasteiger partial charge in [0.1, 0.15) is 0 Å². The SMILES string of the molecule is Cc1ccc2ooc2c1[N+](=O)[O-]. The minimum absolute atomic E-state index is 0.0150. The predicted molar refractivity (Wildman–Crippen MR) is 39.9 cm³/mol. The van der Waals surface area contributed by atoms with Crippen LogP contribution < -0.4 is 0 Å². The average Bonchev–Trinajstić information content (AvgIpc) is 1.94. The molecule has 0 radical (unpaired) electrons. The van der Waals surface area contributed by atoms with Crippen molar-refractivity contribution in [2.75, 3.05) is 0 Å². The molecule has 2 rings (SSSR count). The number of fused-ring (bicyclic) bond motifs is 1. The Kier molecular flexibility index (Phi) is 1.21. The third-order valence-corrected chi connectivity index (χ3v) is 1.69. The number of rotatable bonds is 1. The van der Waals surface area contributed by atoms with Gasteiger partial charge in [-0.15, -0.1) is 0 Å². The van der Waals surface area contributed by atoms with Crippen LogP contribution >= 0.6 is 0 Å². The maximum atomic E-state index is 10.5. The summed E-state index contributed by atoms with van der Waals surface area (Å²) in [5.41, 5.74) is 1.20. The number of aryl methyl sites for hydroxylation is 1. The van der Waals surface area contributed by atoms with Crippen LogP contribution in [-0.4, -0.2) is 4.92 Å². The highest BCUT2D eigenvalue weighted by Crippen LogP contribution is 2.31. The number of nitrogens with zero attached hydrogens (tertiary/aromatic N) is 1. The highest BCUT2D eigenvalue weighted by Gasteiger charge is 2.22. The van der Waals surface area contributed by atoms with E-state index in [1.807, 2.05) is 0 Å². The summed E-state index contributed by atoms with van der Waals surface area (Å²) >= 11 is 0. The summed E-state index contributed by atoms with van der Waals surface area (Å²) in [6.45, 7) is 1.65. The summed E-state index contributed by atoms with van der Waals surface area (Å²) in [6, 6.07) is 3.26. The van der Waals surface area contributed by atoms with E-state index in [2.05, 4.69) is 9.15 Å². The fraction of sp³-hybridized carbons (Fsp3) is 0.143. The standard InChI is InChI=1S/C7H5NO4/c1-4-2-3-5-7(12-11-5)6(4)8(9)10/h2-3H,1H3. The molecule has 5 nitrogen and oxygen atoms in total. The van der Waals surface area contributed by atoms with Crippen LogP contribution in [-0.2, 0) is 0 Å². The van der Waals surface area contributed by atoms with Gasteiger partial charge in [-0.2, -0.15) is 0 Å². The quantitative estimate of drug-likeness (QED) is 0.371. The van der Waals surface area contributed by atoms with Gasteiger partial charge in [-0.25, -0.2) is 0 Å². The lowest BCUT2D eigenvalue weighted by molar-refractivity contribution is -0.385. The molecule has 0 aliphatic carbocycles. The fourth-order valence-corrected chi connectivity index (χ4v) is 1.08. The molecule has 1 aromatic carbocycles. The zero-order valence-electron chi connectivity index (χ0n) is 6.23. The smallest absolute Gasteiger partial charge is 0.285 e. The molecular formula is C7H5NO4. The second-order valence-corrected chi connectivity index (χ2v) is 2.48. The van der Waals surface area contributed by atoms with Gasteiger partial charge in [0.15, 0.2) is 0 Å². The highest BCUT2D eigenvalue weighted by molar-refractivity contribution is 5.82. The van der Waals surface area contributed by atoms with Crippen molar-refractivity contribution in [3.8, 4) is 0 Å². The van der Waals surface area contributed by atoms with Crippen molar-refractivity contribution < 1.29 is 14.1 Å². The van der Waals surface area contributed by atoms with E-state index in [1.54, 1.807) is 19.1 Å². The largest absolute Gasteiger partial charge is 0.323 e. The average molecular weight is 167 g/mol. The molecule has 0 fully saturated rings. The lowest BCUT2D eigenvalue weighted by Gasteiger charge is -2.00. The van der Waals surface area contributed by atoms with Crippen molar-refractivity contribution in [2.45, 2.75) is 6.92 Å². The van der Waals surface area contributed by atoms with Gasteiger partial charge in [0, 0.05) is 5.56 Å². The molecule has 12 heavy (non-hydrogen) atoms. The van der Waals surface area contributed by atoms with Crippen LogP contribution in [0.15, 0.2) is 21.3 Å². The minimum Gasteiger partial charge on any atom is -0.285 e. The van der Waals surface area contributed by atoms with Gasteiger partial charge >= 0.3 is 11.3 Å². The van der Waals surface area contributed by atoms with E-state index in [4.69, 9.17) is 0 Å². The van der Waals surface area contributed by atoms with E-state index < -0.39 is 4.92 Å². The molecule has 2 aromatic rings. The number of nitro benzene ring substituents is 1. The zero-order chi connectivity index (χ0) is 8.72. The van der Waals surface area contributed by atoms with Crippen LogP contribution in [0, 0.1) is 17.0 Å². The van der Waals surface area contributed by atoms with E-state index in [-0.39, 0.29) is 11.3 Å². The Morgan fingerprint density at radius 1 is 1.42 bits per heavy atom. The first kappa shape index (κ1) is 6.90. The van der Waals surface area contributed by atoms with Gasteiger partial charge in [-0.1, -0.05) is 0 Å². The van der Waals surface area contributed by atoms with Crippen molar-refractivity contribution in [3.05, 3.63) is 27.8 Å². The van der Waals surface area contributed by atoms with E-state index >= 15 is 0 Å². The zero-order valence-corrected chi connectivity index (χ0v) is 6.23. The first-order chi connectivity index (χ1) is 5.70. The summed E-state index contributed by atoms with van der Waals surface area (Å²) in [6.07, 6.45) is 0. The molecular weight excluding hydrogens is 162 g/mol. The molecule has 0 aliphatic rings. The van der Waals surface area contributed by atoms with Crippen molar-refractivity contribution in [1.82, 2.24) is 0 Å². The normalized spacial score (nSPS) is 10.8. The van der Waals surface area contributed by atoms with Crippen LogP contribution in [0.2, 0.25) is 0 Å². The maximum Gasteiger partial charge on any atom is 0.323 e. The molecule has 5 heteroatoms. The molecule has 1 heterocycles. The first-order valence-corrected chi connectivity index (χ1v) is 3.32. The number of benzene rings is 1. The molecule has 0 atom stereocenters. The molecule has 0 saturated carbocycles. The van der Waals surface area contributed by atoms with Crippen LogP contribution in [0.3, 0.4) is 0 Å². The first-order valence-electron chi connectivity index (χ1n) is 3.32. The summed E-state index contributed by atoms with van der Waals surface area (Å²) in [4.78, 5) is 10.0. The van der Waals surface area contributed by atoms with Gasteiger partial charge < -0.3 is 0 Å². The topological polar surface area (TPSA) is 69.4 Å². The molecule has 0 saturated heterocycles. The number of hydrogen-bond donors (Lipinski definition) is 0. The predicted octanol–water partition coefficient (Wildman–Crippen LogP) is 2.24. The molecule has 0 aliphatic heterocycles. The van der Waals surface area contributed by atoms with Gasteiger partial charge in [0.25, 0.3) is 0 Å². The molecule has 0 amide bonds. The molecule has 62 valence electrons. The lowest BCUT2D eigenvalue weighted by atomic mass is 10.2. The lowest BCUT2D eigenvalue weighted by Crippen LogP contribution is -1.93. The number of nitro groups is 1. The summed E-state index contributed by atoms with van der Waals surface area (Å²) in [5, 5.41) is 10.5. The van der Waals surface area contributed by atoms with Crippen molar-refractivity contribution >= 4 is 16.9 Å². The van der Waals surface area contributed by atoms with Crippen molar-refractivity contribution in [2.24, 2.45) is 0 Å². The molecule has 0 unspecified atom stereocenters. The number of hydrogen-bond acceptors (Lipinski definition) is 4. The van der Waals surface area contributed by atoms with Gasteiger partial charge in [0.05, 0.1) is 4.92 Å². The van der Waals surface area contributed by atoms with E-state index in [0.717, 1.165) is 0 Å². The van der Waals surface area contributed by atoms with Crippen LogP contribution in [0.4, 0.5) is 5.69 Å². The maximum absolute atomic E-state index is 10.5. The molecule has 0 spiro atoms. The molecule has 1 aromatic heterocycles. The van der Waals surface area contributed by atoms with E-state index in [1.165, 1.54) is 0 Å². The Balaban J connectivity index is 2.78.